The highest BCUT2D eigenvalue weighted by Crippen LogP contribution is 2.37. The maximum Gasteiger partial charge on any atom is 0.271 e. The van der Waals surface area contributed by atoms with Crippen LogP contribution in [0.5, 0.6) is 0 Å². The molecule has 0 aliphatic carbocycles. The largest absolute Gasteiger partial charge is 0.359 e. The van der Waals surface area contributed by atoms with Gasteiger partial charge in [0.25, 0.3) is 11.6 Å². The van der Waals surface area contributed by atoms with Gasteiger partial charge in [-0.3, -0.25) is 19.9 Å². The normalized spacial score (nSPS) is 15.7. The molecule has 1 atom stereocenters. The number of nitrogens with zero attached hydrogens (tertiary/aromatic N) is 3. The number of carbonyl (C=O) groups is 1. The number of amides is 1. The zero-order valence-corrected chi connectivity index (χ0v) is 15.4. The number of anilines is 1. The molecular weight excluding hydrogens is 388 g/mol. The van der Waals surface area contributed by atoms with Gasteiger partial charge < -0.3 is 10.2 Å². The second kappa shape index (κ2) is 6.98. The van der Waals surface area contributed by atoms with Crippen molar-refractivity contribution in [3.05, 3.63) is 85.3 Å². The first-order chi connectivity index (χ1) is 13.0. The number of pyridine rings is 1. The summed E-state index contributed by atoms with van der Waals surface area (Å²) >= 11 is 7.78. The first-order valence-electron chi connectivity index (χ1n) is 8.03. The number of halogens is 1. The standard InChI is InChI=1S/C18H13ClN4O3S/c19-14-6-5-11(23(25)26)9-15(14)21-17-16-13(4-1-7-20-16)18(24)22(17)10-12-3-2-8-27-12/h1-9,17,21H,10H2/t17-/m0/s1. The molecule has 1 aliphatic heterocycles. The third-order valence-electron chi connectivity index (χ3n) is 4.26. The van der Waals surface area contributed by atoms with E-state index in [-0.39, 0.29) is 11.6 Å². The highest BCUT2D eigenvalue weighted by Gasteiger charge is 2.38. The Kier molecular flexibility index (Phi) is 4.51. The number of fused-ring (bicyclic) bond motifs is 1. The number of non-ortho nitro benzene ring substituents is 1. The fourth-order valence-corrected chi connectivity index (χ4v) is 3.88. The van der Waals surface area contributed by atoms with Crippen molar-refractivity contribution in [1.82, 2.24) is 9.88 Å². The number of thiophene rings is 1. The minimum Gasteiger partial charge on any atom is -0.359 e. The monoisotopic (exact) mass is 400 g/mol. The maximum atomic E-state index is 12.9. The molecule has 0 spiro atoms. The van der Waals surface area contributed by atoms with Crippen LogP contribution in [0, 0.1) is 10.1 Å². The van der Waals surface area contributed by atoms with Gasteiger partial charge in [0.05, 0.1) is 33.4 Å². The molecule has 0 fully saturated rings. The van der Waals surface area contributed by atoms with E-state index < -0.39 is 11.1 Å². The van der Waals surface area contributed by atoms with Gasteiger partial charge in [-0.05, 0) is 29.6 Å². The Balaban J connectivity index is 1.73. The summed E-state index contributed by atoms with van der Waals surface area (Å²) in [5, 5.41) is 16.5. The lowest BCUT2D eigenvalue weighted by molar-refractivity contribution is -0.384. The summed E-state index contributed by atoms with van der Waals surface area (Å²) < 4.78 is 0. The number of nitrogens with one attached hydrogen (secondary N) is 1. The van der Waals surface area contributed by atoms with Gasteiger partial charge in [0.1, 0.15) is 6.17 Å². The first-order valence-corrected chi connectivity index (χ1v) is 9.29. The lowest BCUT2D eigenvalue weighted by Crippen LogP contribution is -2.31. The first kappa shape index (κ1) is 17.4. The van der Waals surface area contributed by atoms with Crippen molar-refractivity contribution in [2.24, 2.45) is 0 Å². The molecule has 27 heavy (non-hydrogen) atoms. The third-order valence-corrected chi connectivity index (χ3v) is 5.45. The SMILES string of the molecule is O=C1c2cccnc2[C@@H](Nc2cc([N+](=O)[O-])ccc2Cl)N1Cc1cccs1. The molecule has 4 rings (SSSR count). The Bertz CT molecular complexity index is 1030. The molecule has 136 valence electrons. The second-order valence-corrected chi connectivity index (χ2v) is 7.36. The van der Waals surface area contributed by atoms with Crippen LogP contribution in [0.15, 0.2) is 54.0 Å². The predicted molar refractivity (Wildman–Crippen MR) is 103 cm³/mol. The molecule has 3 heterocycles. The minimum atomic E-state index is -0.574. The Labute approximate surface area is 163 Å². The quantitative estimate of drug-likeness (QED) is 0.504. The Morgan fingerprint density at radius 1 is 1.30 bits per heavy atom. The van der Waals surface area contributed by atoms with Gasteiger partial charge in [-0.1, -0.05) is 17.7 Å². The summed E-state index contributed by atoms with van der Waals surface area (Å²) in [7, 11) is 0. The van der Waals surface area contributed by atoms with Crippen molar-refractivity contribution in [3.63, 3.8) is 0 Å². The van der Waals surface area contributed by atoms with Gasteiger partial charge in [-0.2, -0.15) is 0 Å². The maximum absolute atomic E-state index is 12.9. The van der Waals surface area contributed by atoms with Crippen molar-refractivity contribution in [1.29, 1.82) is 0 Å². The highest BCUT2D eigenvalue weighted by atomic mass is 35.5. The van der Waals surface area contributed by atoms with Crippen molar-refractivity contribution in [3.8, 4) is 0 Å². The fourth-order valence-electron chi connectivity index (χ4n) is 3.00. The molecule has 1 amide bonds. The molecule has 1 aliphatic rings. The minimum absolute atomic E-state index is 0.0859. The molecule has 7 nitrogen and oxygen atoms in total. The molecule has 1 N–H and O–H groups in total. The van der Waals surface area contributed by atoms with E-state index in [4.69, 9.17) is 11.6 Å². The van der Waals surface area contributed by atoms with Crippen LogP contribution in [0.4, 0.5) is 11.4 Å². The van der Waals surface area contributed by atoms with E-state index in [1.165, 1.54) is 18.2 Å². The van der Waals surface area contributed by atoms with Gasteiger partial charge in [0.15, 0.2) is 0 Å². The van der Waals surface area contributed by atoms with E-state index in [1.807, 2.05) is 17.5 Å². The number of hydrogen-bond donors (Lipinski definition) is 1. The van der Waals surface area contributed by atoms with Crippen LogP contribution < -0.4 is 5.32 Å². The summed E-state index contributed by atoms with van der Waals surface area (Å²) in [6, 6.07) is 11.5. The van der Waals surface area contributed by atoms with Gasteiger partial charge in [-0.25, -0.2) is 0 Å². The van der Waals surface area contributed by atoms with Crippen LogP contribution in [-0.2, 0) is 6.54 Å². The van der Waals surface area contributed by atoms with E-state index in [0.29, 0.717) is 28.5 Å². The van der Waals surface area contributed by atoms with Gasteiger partial charge in [0.2, 0.25) is 0 Å². The highest BCUT2D eigenvalue weighted by molar-refractivity contribution is 7.09. The van der Waals surface area contributed by atoms with E-state index in [2.05, 4.69) is 10.3 Å². The Morgan fingerprint density at radius 3 is 2.89 bits per heavy atom. The molecule has 9 heteroatoms. The number of nitro groups is 1. The molecule has 0 unspecified atom stereocenters. The smallest absolute Gasteiger partial charge is 0.271 e. The number of carbonyl (C=O) groups excluding carboxylic acids is 1. The van der Waals surface area contributed by atoms with Crippen LogP contribution in [-0.4, -0.2) is 20.7 Å². The summed E-state index contributed by atoms with van der Waals surface area (Å²) in [5.41, 5.74) is 1.37. The Morgan fingerprint density at radius 2 is 2.15 bits per heavy atom. The van der Waals surface area contributed by atoms with E-state index >= 15 is 0 Å². The molecule has 0 saturated heterocycles. The van der Waals surface area contributed by atoms with Crippen molar-refractivity contribution >= 4 is 40.2 Å². The molecule has 1 aromatic carbocycles. The molecule has 3 aromatic rings. The van der Waals surface area contributed by atoms with Crippen LogP contribution >= 0.6 is 22.9 Å². The van der Waals surface area contributed by atoms with Gasteiger partial charge in [-0.15, -0.1) is 11.3 Å². The zero-order valence-electron chi connectivity index (χ0n) is 13.8. The second-order valence-electron chi connectivity index (χ2n) is 5.92. The summed E-state index contributed by atoms with van der Waals surface area (Å²) in [6.45, 7) is 0.400. The topological polar surface area (TPSA) is 88.4 Å². The lowest BCUT2D eigenvalue weighted by atomic mass is 10.2. The van der Waals surface area contributed by atoms with Crippen LogP contribution in [0.1, 0.15) is 27.1 Å². The zero-order chi connectivity index (χ0) is 19.0. The summed E-state index contributed by atoms with van der Waals surface area (Å²) in [4.78, 5) is 30.5. The number of rotatable bonds is 5. The van der Waals surface area contributed by atoms with Gasteiger partial charge in [0, 0.05) is 23.2 Å². The van der Waals surface area contributed by atoms with Crippen LogP contribution in [0.2, 0.25) is 5.02 Å². The van der Waals surface area contributed by atoms with Crippen LogP contribution in [0.3, 0.4) is 0 Å². The lowest BCUT2D eigenvalue weighted by Gasteiger charge is -2.26. The summed E-state index contributed by atoms with van der Waals surface area (Å²) in [6.07, 6.45) is 1.04. The fraction of sp³-hybridized carbons (Fsp3) is 0.111. The van der Waals surface area contributed by atoms with Crippen molar-refractivity contribution in [2.75, 3.05) is 5.32 Å². The average Bonchev–Trinajstić information content (AvgIpc) is 3.26. The van der Waals surface area contributed by atoms with Gasteiger partial charge >= 0.3 is 0 Å². The molecule has 0 bridgehead atoms. The van der Waals surface area contributed by atoms with Crippen LogP contribution in [0.25, 0.3) is 0 Å². The molecule has 0 radical (unpaired) electrons. The van der Waals surface area contributed by atoms with Crippen molar-refractivity contribution in [2.45, 2.75) is 12.7 Å². The molecule has 2 aromatic heterocycles. The average molecular weight is 401 g/mol. The Hall–Kier alpha value is -2.97. The third kappa shape index (κ3) is 3.24. The number of hydrogen-bond acceptors (Lipinski definition) is 6. The predicted octanol–water partition coefficient (Wildman–Crippen LogP) is 4.47. The van der Waals surface area contributed by atoms with E-state index in [0.717, 1.165) is 4.88 Å². The number of nitro benzene ring substituents is 1. The van der Waals surface area contributed by atoms with Crippen molar-refractivity contribution < 1.29 is 9.72 Å². The summed E-state index contributed by atoms with van der Waals surface area (Å²) in [5.74, 6) is -0.148. The molecular formula is C18H13ClN4O3S. The molecule has 0 saturated carbocycles. The number of aromatic nitrogens is 1. The van der Waals surface area contributed by atoms with E-state index in [1.54, 1.807) is 34.6 Å². The van der Waals surface area contributed by atoms with E-state index in [9.17, 15) is 14.9 Å². The number of benzene rings is 1.